The summed E-state index contributed by atoms with van der Waals surface area (Å²) < 4.78 is 35.4. The molecule has 0 aromatic carbocycles. The summed E-state index contributed by atoms with van der Waals surface area (Å²) in [5, 5.41) is 8.44. The minimum Gasteiger partial charge on any atom is -0.445 e. The second-order valence-corrected chi connectivity index (χ2v) is 2.54. The van der Waals surface area contributed by atoms with Crippen LogP contribution in [0.5, 0.6) is 0 Å². The van der Waals surface area contributed by atoms with Gasteiger partial charge in [-0.05, 0) is 12.1 Å². The van der Waals surface area contributed by atoms with E-state index in [0.717, 1.165) is 6.08 Å². The fourth-order valence-electron chi connectivity index (χ4n) is 0.814. The largest absolute Gasteiger partial charge is 1.00 e. The second kappa shape index (κ2) is 6.45. The number of hydrogen-bond acceptors (Lipinski definition) is 2. The number of aromatic nitrogens is 1. The quantitative estimate of drug-likeness (QED) is 0.640. The Morgan fingerprint density at radius 2 is 2.00 bits per heavy atom. The Bertz CT molecular complexity index is 398. The van der Waals surface area contributed by atoms with Crippen LogP contribution in [-0.4, -0.2) is 12.0 Å². The maximum absolute atomic E-state index is 11.8. The van der Waals surface area contributed by atoms with Crippen LogP contribution < -0.4 is 51.4 Å². The van der Waals surface area contributed by atoms with Crippen molar-refractivity contribution in [2.45, 2.75) is 0 Å². The van der Waals surface area contributed by atoms with Gasteiger partial charge in [0.15, 0.2) is 0 Å². The Morgan fingerprint density at radius 3 is 2.53 bits per heavy atom. The molecule has 0 aliphatic carbocycles. The third-order valence-electron chi connectivity index (χ3n) is 1.37. The van der Waals surface area contributed by atoms with E-state index < -0.39 is 6.98 Å². The normalized spacial score (nSPS) is 10.8. The molecule has 1 aromatic heterocycles. The van der Waals surface area contributed by atoms with Crippen molar-refractivity contribution in [3.63, 3.8) is 0 Å². The summed E-state index contributed by atoms with van der Waals surface area (Å²) in [6, 6.07) is 6.05. The van der Waals surface area contributed by atoms with E-state index in [1.807, 2.05) is 0 Å². The van der Waals surface area contributed by atoms with E-state index in [1.54, 1.807) is 6.07 Å². The number of halogens is 3. The van der Waals surface area contributed by atoms with Crippen molar-refractivity contribution in [3.8, 4) is 6.07 Å². The van der Waals surface area contributed by atoms with Crippen molar-refractivity contribution < 1.29 is 64.3 Å². The average molecular weight is 236 g/mol. The van der Waals surface area contributed by atoms with E-state index in [9.17, 15) is 12.9 Å². The molecule has 1 rings (SSSR count). The van der Waals surface area contributed by atoms with Crippen LogP contribution in [0.1, 0.15) is 11.4 Å². The monoisotopic (exact) mass is 236 g/mol. The molecule has 0 fully saturated rings. The molecule has 0 saturated carbocycles. The Morgan fingerprint density at radius 1 is 1.33 bits per heavy atom. The number of hydrogen-bond donors (Lipinski definition) is 0. The van der Waals surface area contributed by atoms with Crippen molar-refractivity contribution in [1.82, 2.24) is 4.98 Å². The molecule has 1 aromatic rings. The molecule has 0 N–H and O–H groups in total. The zero-order valence-corrected chi connectivity index (χ0v) is 11.1. The van der Waals surface area contributed by atoms with Crippen molar-refractivity contribution in [3.05, 3.63) is 35.6 Å². The van der Waals surface area contributed by atoms with Gasteiger partial charge in [-0.2, -0.15) is 5.26 Å². The molecule has 2 nitrogen and oxygen atoms in total. The molecule has 0 bridgehead atoms. The van der Waals surface area contributed by atoms with E-state index in [4.69, 9.17) is 5.26 Å². The topological polar surface area (TPSA) is 36.7 Å². The first-order valence-electron chi connectivity index (χ1n) is 3.77. The Hall–Kier alpha value is -0.129. The van der Waals surface area contributed by atoms with Gasteiger partial charge in [0.05, 0.1) is 5.69 Å². The molecule has 0 aliphatic heterocycles. The van der Waals surface area contributed by atoms with Gasteiger partial charge in [-0.3, -0.25) is 0 Å². The first kappa shape index (κ1) is 14.9. The average Bonchev–Trinajstić information content (AvgIpc) is 2.14. The van der Waals surface area contributed by atoms with Crippen molar-refractivity contribution in [2.24, 2.45) is 0 Å². The molecule has 0 unspecified atom stereocenters. The summed E-state index contributed by atoms with van der Waals surface area (Å²) in [7, 11) is 0. The molecule has 0 atom stereocenters. The van der Waals surface area contributed by atoms with Gasteiger partial charge in [-0.25, -0.2) is 4.98 Å². The molecule has 0 aliphatic rings. The van der Waals surface area contributed by atoms with E-state index >= 15 is 0 Å². The van der Waals surface area contributed by atoms with Crippen LogP contribution >= 0.6 is 0 Å². The summed E-state index contributed by atoms with van der Waals surface area (Å²) in [4.78, 5) is 3.66. The van der Waals surface area contributed by atoms with Gasteiger partial charge in [0, 0.05) is 0 Å². The predicted octanol–water partition coefficient (Wildman–Crippen LogP) is -0.643. The predicted molar refractivity (Wildman–Crippen MR) is 47.1 cm³/mol. The van der Waals surface area contributed by atoms with Crippen LogP contribution in [-0.2, 0) is 0 Å². The van der Waals surface area contributed by atoms with Gasteiger partial charge >= 0.3 is 58.4 Å². The van der Waals surface area contributed by atoms with Crippen LogP contribution in [0.4, 0.5) is 12.9 Å². The number of rotatable bonds is 2. The maximum atomic E-state index is 11.8. The molecule has 1 heterocycles. The van der Waals surface area contributed by atoms with Gasteiger partial charge in [0.25, 0.3) is 0 Å². The van der Waals surface area contributed by atoms with Gasteiger partial charge in [0.1, 0.15) is 11.8 Å². The van der Waals surface area contributed by atoms with E-state index in [2.05, 4.69) is 4.98 Å². The number of nitrogens with zero attached hydrogens (tertiary/aromatic N) is 2. The zero-order chi connectivity index (χ0) is 10.6. The van der Waals surface area contributed by atoms with Crippen LogP contribution in [0, 0.1) is 11.3 Å². The summed E-state index contributed by atoms with van der Waals surface area (Å²) >= 11 is 0. The minimum absolute atomic E-state index is 0. The van der Waals surface area contributed by atoms with Crippen LogP contribution in [0.3, 0.4) is 0 Å². The van der Waals surface area contributed by atoms with E-state index in [-0.39, 0.29) is 68.7 Å². The van der Waals surface area contributed by atoms with Gasteiger partial charge in [-0.1, -0.05) is 12.1 Å². The molecular formula is C8H5BF3KN2. The van der Waals surface area contributed by atoms with Crippen molar-refractivity contribution in [2.75, 3.05) is 0 Å². The van der Waals surface area contributed by atoms with Crippen LogP contribution in [0.25, 0.3) is 6.08 Å². The third kappa shape index (κ3) is 6.12. The SMILES string of the molecule is N#Cc1cccc(/C=C/[B-](F)(F)F)n1.[K+]. The Labute approximate surface area is 128 Å². The third-order valence-corrected chi connectivity index (χ3v) is 1.37. The molecular weight excluding hydrogens is 231 g/mol. The standard InChI is InChI=1S/C8H5BF3N2.K/c10-9(11,12)5-4-7-2-1-3-8(6-13)14-7;/h1-5H;/q-1;+1/b5-4+;. The zero-order valence-electron chi connectivity index (χ0n) is 7.99. The molecule has 15 heavy (non-hydrogen) atoms. The molecule has 0 spiro atoms. The smallest absolute Gasteiger partial charge is 0.445 e. The first-order valence-corrected chi connectivity index (χ1v) is 3.77. The van der Waals surface area contributed by atoms with E-state index in [0.29, 0.717) is 0 Å². The molecule has 72 valence electrons. The summed E-state index contributed by atoms with van der Waals surface area (Å²) in [6.45, 7) is -4.95. The molecule has 0 saturated heterocycles. The molecule has 7 heteroatoms. The van der Waals surface area contributed by atoms with Crippen LogP contribution in [0.15, 0.2) is 24.2 Å². The van der Waals surface area contributed by atoms with Gasteiger partial charge in [0.2, 0.25) is 0 Å². The maximum Gasteiger partial charge on any atom is 1.00 e. The second-order valence-electron chi connectivity index (χ2n) is 2.54. The summed E-state index contributed by atoms with van der Waals surface area (Å²) in [5.41, 5.74) is 0.227. The van der Waals surface area contributed by atoms with Gasteiger partial charge in [-0.15, -0.1) is 5.98 Å². The van der Waals surface area contributed by atoms with Gasteiger partial charge < -0.3 is 12.9 Å². The molecule has 0 amide bonds. The minimum atomic E-state index is -4.95. The van der Waals surface area contributed by atoms with Crippen molar-refractivity contribution in [1.29, 1.82) is 5.26 Å². The fourth-order valence-corrected chi connectivity index (χ4v) is 0.814. The Kier molecular flexibility index (Phi) is 6.40. The van der Waals surface area contributed by atoms with Crippen LogP contribution in [0.2, 0.25) is 0 Å². The summed E-state index contributed by atoms with van der Waals surface area (Å²) in [5.74, 6) is 0.142. The van der Waals surface area contributed by atoms with E-state index in [1.165, 1.54) is 18.2 Å². The van der Waals surface area contributed by atoms with Crippen molar-refractivity contribution >= 4 is 13.1 Å². The first-order chi connectivity index (χ1) is 6.51. The fraction of sp³-hybridized carbons (Fsp3) is 0. The summed E-state index contributed by atoms with van der Waals surface area (Å²) in [6.07, 6.45) is 0.848. The Balaban J connectivity index is 0.00000196. The molecule has 0 radical (unpaired) electrons. The number of pyridine rings is 1. The number of nitriles is 1.